The molecule has 0 radical (unpaired) electrons. The lowest BCUT2D eigenvalue weighted by atomic mass is 10.0. The Hall–Kier alpha value is -1.46. The van der Waals surface area contributed by atoms with Crippen LogP contribution in [0.5, 0.6) is 0 Å². The molecule has 0 aromatic heterocycles. The number of benzene rings is 1. The normalized spacial score (nSPS) is 12.5. The third-order valence-corrected chi connectivity index (χ3v) is 3.32. The molecule has 0 saturated heterocycles. The second-order valence-electron chi connectivity index (χ2n) is 6.01. The summed E-state index contributed by atoms with van der Waals surface area (Å²) in [5, 5.41) is 3.10. The number of hydrogen-bond donors (Lipinski definition) is 2. The number of carbonyl (C=O) groups is 1. The third-order valence-electron chi connectivity index (χ3n) is 3.09. The van der Waals surface area contributed by atoms with E-state index < -0.39 is 0 Å². The fourth-order valence-electron chi connectivity index (χ4n) is 2.27. The first kappa shape index (κ1) is 17.6. The van der Waals surface area contributed by atoms with Gasteiger partial charge >= 0.3 is 0 Å². The molecule has 4 nitrogen and oxygen atoms in total. The summed E-state index contributed by atoms with van der Waals surface area (Å²) in [6.07, 6.45) is 0.943. The average Bonchev–Trinajstić information content (AvgIpc) is 2.37. The molecule has 3 N–H and O–H groups in total. The number of amides is 1. The number of nitrogens with one attached hydrogen (secondary N) is 1. The van der Waals surface area contributed by atoms with Gasteiger partial charge < -0.3 is 16.0 Å². The molecule has 21 heavy (non-hydrogen) atoms. The van der Waals surface area contributed by atoms with Crippen LogP contribution in [-0.2, 0) is 0 Å². The van der Waals surface area contributed by atoms with Gasteiger partial charge in [-0.05, 0) is 38.6 Å². The van der Waals surface area contributed by atoms with E-state index in [2.05, 4.69) is 24.1 Å². The van der Waals surface area contributed by atoms with Crippen molar-refractivity contribution in [2.45, 2.75) is 26.3 Å². The number of rotatable bonds is 7. The van der Waals surface area contributed by atoms with E-state index in [9.17, 15) is 4.79 Å². The van der Waals surface area contributed by atoms with Gasteiger partial charge in [0.1, 0.15) is 4.99 Å². The van der Waals surface area contributed by atoms with Crippen molar-refractivity contribution in [3.05, 3.63) is 35.4 Å². The molecule has 116 valence electrons. The molecule has 0 spiro atoms. The number of nitrogens with two attached hydrogens (primary N) is 1. The van der Waals surface area contributed by atoms with E-state index in [4.69, 9.17) is 18.0 Å². The first-order chi connectivity index (χ1) is 9.79. The maximum absolute atomic E-state index is 12.4. The van der Waals surface area contributed by atoms with Gasteiger partial charge in [0.25, 0.3) is 5.91 Å². The lowest BCUT2D eigenvalue weighted by Crippen LogP contribution is -2.42. The van der Waals surface area contributed by atoms with Crippen LogP contribution in [0.2, 0.25) is 0 Å². The monoisotopic (exact) mass is 307 g/mol. The van der Waals surface area contributed by atoms with Crippen LogP contribution in [0.3, 0.4) is 0 Å². The van der Waals surface area contributed by atoms with Crippen LogP contribution in [0.4, 0.5) is 0 Å². The third kappa shape index (κ3) is 6.23. The zero-order chi connectivity index (χ0) is 16.0. The maximum atomic E-state index is 12.4. The van der Waals surface area contributed by atoms with Gasteiger partial charge in [-0.25, -0.2) is 0 Å². The molecule has 0 aliphatic rings. The van der Waals surface area contributed by atoms with Crippen molar-refractivity contribution in [3.8, 4) is 0 Å². The second-order valence-corrected chi connectivity index (χ2v) is 6.45. The van der Waals surface area contributed by atoms with E-state index in [0.717, 1.165) is 13.0 Å². The molecule has 5 heteroatoms. The SMILES string of the molecule is CC(C)CC(CN(C)C)NC(=O)c1cccc(C(N)=S)c1. The average molecular weight is 307 g/mol. The summed E-state index contributed by atoms with van der Waals surface area (Å²) in [5.74, 6) is 0.443. The lowest BCUT2D eigenvalue weighted by molar-refractivity contribution is 0.0924. The Morgan fingerprint density at radius 1 is 1.33 bits per heavy atom. The molecule has 0 saturated carbocycles. The highest BCUT2D eigenvalue weighted by Crippen LogP contribution is 2.09. The fourth-order valence-corrected chi connectivity index (χ4v) is 2.40. The van der Waals surface area contributed by atoms with Gasteiger partial charge in [-0.15, -0.1) is 0 Å². The van der Waals surface area contributed by atoms with E-state index in [0.29, 0.717) is 22.0 Å². The largest absolute Gasteiger partial charge is 0.389 e. The van der Waals surface area contributed by atoms with Crippen molar-refractivity contribution in [1.82, 2.24) is 10.2 Å². The van der Waals surface area contributed by atoms with E-state index in [1.54, 1.807) is 18.2 Å². The summed E-state index contributed by atoms with van der Waals surface area (Å²) in [4.78, 5) is 14.8. The van der Waals surface area contributed by atoms with E-state index in [-0.39, 0.29) is 11.9 Å². The van der Waals surface area contributed by atoms with Gasteiger partial charge in [-0.1, -0.05) is 38.2 Å². The van der Waals surface area contributed by atoms with Gasteiger partial charge in [0, 0.05) is 23.7 Å². The van der Waals surface area contributed by atoms with Crippen LogP contribution in [0.25, 0.3) is 0 Å². The first-order valence-electron chi connectivity index (χ1n) is 7.15. The Kier molecular flexibility index (Phi) is 6.78. The van der Waals surface area contributed by atoms with Crippen molar-refractivity contribution < 1.29 is 4.79 Å². The van der Waals surface area contributed by atoms with Crippen LogP contribution in [-0.4, -0.2) is 42.5 Å². The molecular formula is C16H25N3OS. The van der Waals surface area contributed by atoms with Gasteiger partial charge in [0.15, 0.2) is 0 Å². The Bertz CT molecular complexity index is 490. The van der Waals surface area contributed by atoms with Gasteiger partial charge in [-0.2, -0.15) is 0 Å². The summed E-state index contributed by atoms with van der Waals surface area (Å²) in [5.41, 5.74) is 6.91. The van der Waals surface area contributed by atoms with Crippen LogP contribution < -0.4 is 11.1 Å². The molecule has 0 fully saturated rings. The standard InChI is InChI=1S/C16H25N3OS/c1-11(2)8-14(10-19(3)4)18-16(20)13-7-5-6-12(9-13)15(17)21/h5-7,9,11,14H,8,10H2,1-4H3,(H2,17,21)(H,18,20). The van der Waals surface area contributed by atoms with Crippen molar-refractivity contribution in [3.63, 3.8) is 0 Å². The van der Waals surface area contributed by atoms with Crippen molar-refractivity contribution >= 4 is 23.1 Å². The molecule has 1 unspecified atom stereocenters. The highest BCUT2D eigenvalue weighted by atomic mass is 32.1. The molecule has 1 rings (SSSR count). The van der Waals surface area contributed by atoms with Crippen LogP contribution in [0.15, 0.2) is 24.3 Å². The lowest BCUT2D eigenvalue weighted by Gasteiger charge is -2.24. The number of hydrogen-bond acceptors (Lipinski definition) is 3. The molecule has 1 amide bonds. The second kappa shape index (κ2) is 8.10. The Morgan fingerprint density at radius 2 is 1.95 bits per heavy atom. The number of carbonyl (C=O) groups excluding carboxylic acids is 1. The summed E-state index contributed by atoms with van der Waals surface area (Å²) in [6, 6.07) is 7.25. The summed E-state index contributed by atoms with van der Waals surface area (Å²) >= 11 is 4.95. The topological polar surface area (TPSA) is 58.4 Å². The summed E-state index contributed by atoms with van der Waals surface area (Å²) in [6.45, 7) is 5.13. The predicted molar refractivity (Wildman–Crippen MR) is 91.6 cm³/mol. The Morgan fingerprint density at radius 3 is 2.48 bits per heavy atom. The van der Waals surface area contributed by atoms with Crippen LogP contribution in [0.1, 0.15) is 36.2 Å². The zero-order valence-electron chi connectivity index (χ0n) is 13.2. The summed E-state index contributed by atoms with van der Waals surface area (Å²) < 4.78 is 0. The minimum absolute atomic E-state index is 0.0828. The van der Waals surface area contributed by atoms with Crippen LogP contribution in [0, 0.1) is 5.92 Å². The molecule has 0 aliphatic carbocycles. The van der Waals surface area contributed by atoms with Gasteiger partial charge in [0.05, 0.1) is 0 Å². The number of likely N-dealkylation sites (N-methyl/N-ethyl adjacent to an activating group) is 1. The molecule has 1 aromatic rings. The number of thiocarbonyl (C=S) groups is 1. The quantitative estimate of drug-likeness (QED) is 0.757. The maximum Gasteiger partial charge on any atom is 0.251 e. The highest BCUT2D eigenvalue weighted by Gasteiger charge is 2.16. The molecule has 0 heterocycles. The van der Waals surface area contributed by atoms with Crippen LogP contribution >= 0.6 is 12.2 Å². The summed E-state index contributed by atoms with van der Waals surface area (Å²) in [7, 11) is 4.01. The smallest absolute Gasteiger partial charge is 0.251 e. The van der Waals surface area contributed by atoms with E-state index in [1.807, 2.05) is 20.2 Å². The van der Waals surface area contributed by atoms with Gasteiger partial charge in [0.2, 0.25) is 0 Å². The van der Waals surface area contributed by atoms with Crippen molar-refractivity contribution in [1.29, 1.82) is 0 Å². The molecule has 0 bridgehead atoms. The van der Waals surface area contributed by atoms with E-state index in [1.165, 1.54) is 0 Å². The first-order valence-corrected chi connectivity index (χ1v) is 7.56. The van der Waals surface area contributed by atoms with Gasteiger partial charge in [-0.3, -0.25) is 4.79 Å². The zero-order valence-corrected chi connectivity index (χ0v) is 14.0. The Balaban J connectivity index is 2.80. The van der Waals surface area contributed by atoms with E-state index >= 15 is 0 Å². The molecule has 1 aromatic carbocycles. The highest BCUT2D eigenvalue weighted by molar-refractivity contribution is 7.80. The number of nitrogens with zero attached hydrogens (tertiary/aromatic N) is 1. The van der Waals surface area contributed by atoms with Crippen molar-refractivity contribution in [2.24, 2.45) is 11.7 Å². The minimum Gasteiger partial charge on any atom is -0.389 e. The molecule has 1 atom stereocenters. The molecule has 0 aliphatic heterocycles. The van der Waals surface area contributed by atoms with Crippen molar-refractivity contribution in [2.75, 3.05) is 20.6 Å². The predicted octanol–water partition coefficient (Wildman–Crippen LogP) is 2.03. The minimum atomic E-state index is -0.0828. The Labute approximate surface area is 132 Å². The molecular weight excluding hydrogens is 282 g/mol. The fraction of sp³-hybridized carbons (Fsp3) is 0.500.